The minimum atomic E-state index is -3.54. The summed E-state index contributed by atoms with van der Waals surface area (Å²) in [6, 6.07) is 14.8. The Bertz CT molecular complexity index is 1050. The summed E-state index contributed by atoms with van der Waals surface area (Å²) in [6.07, 6.45) is 3.29. The van der Waals surface area contributed by atoms with Crippen LogP contribution in [-0.2, 0) is 10.0 Å². The van der Waals surface area contributed by atoms with Crippen LogP contribution in [0.3, 0.4) is 0 Å². The Labute approximate surface area is 172 Å². The average molecular weight is 413 g/mol. The topological polar surface area (TPSA) is 78.1 Å². The molecule has 1 fully saturated rings. The maximum atomic E-state index is 12.7. The van der Waals surface area contributed by atoms with E-state index in [4.69, 9.17) is 0 Å². The van der Waals surface area contributed by atoms with Gasteiger partial charge in [0.05, 0.1) is 15.9 Å². The largest absolute Gasteiger partial charge is 0.338 e. The summed E-state index contributed by atoms with van der Waals surface area (Å²) in [7, 11) is -3.54. The monoisotopic (exact) mass is 412 g/mol. The van der Waals surface area contributed by atoms with Crippen molar-refractivity contribution in [2.24, 2.45) is 5.92 Å². The average Bonchev–Trinajstić information content (AvgIpc) is 3.17. The van der Waals surface area contributed by atoms with Crippen molar-refractivity contribution in [3.63, 3.8) is 0 Å². The van der Waals surface area contributed by atoms with E-state index in [-0.39, 0.29) is 4.90 Å². The van der Waals surface area contributed by atoms with E-state index in [2.05, 4.69) is 26.5 Å². The van der Waals surface area contributed by atoms with Crippen LogP contribution in [0.1, 0.15) is 26.2 Å². The van der Waals surface area contributed by atoms with Gasteiger partial charge in [-0.1, -0.05) is 37.3 Å². The zero-order valence-electron chi connectivity index (χ0n) is 16.8. The number of piperidine rings is 1. The molecule has 0 amide bonds. The fraction of sp³-hybridized carbons (Fsp3) is 0.409. The molecule has 0 aliphatic carbocycles. The van der Waals surface area contributed by atoms with Crippen LogP contribution >= 0.6 is 0 Å². The van der Waals surface area contributed by atoms with Gasteiger partial charge in [-0.3, -0.25) is 0 Å². The fourth-order valence-corrected chi connectivity index (χ4v) is 4.87. The number of nitrogens with zero attached hydrogens (tertiary/aromatic N) is 2. The van der Waals surface area contributed by atoms with Gasteiger partial charge in [0, 0.05) is 12.1 Å². The van der Waals surface area contributed by atoms with Crippen molar-refractivity contribution < 1.29 is 8.42 Å². The lowest BCUT2D eigenvalue weighted by molar-refractivity contribution is 0.191. The fourth-order valence-electron chi connectivity index (χ4n) is 3.77. The molecule has 1 aliphatic heterocycles. The molecule has 4 rings (SSSR count). The number of fused-ring (bicyclic) bond motifs is 1. The summed E-state index contributed by atoms with van der Waals surface area (Å²) in [5.74, 6) is 1.54. The molecule has 0 spiro atoms. The molecule has 2 N–H and O–H groups in total. The smallest absolute Gasteiger partial charge is 0.240 e. The van der Waals surface area contributed by atoms with Crippen molar-refractivity contribution in [2.45, 2.75) is 31.1 Å². The minimum absolute atomic E-state index is 0.264. The molecule has 7 heteroatoms. The molecule has 2 aromatic carbocycles. The Morgan fingerprint density at radius 1 is 1.14 bits per heavy atom. The van der Waals surface area contributed by atoms with Gasteiger partial charge < -0.3 is 9.88 Å². The van der Waals surface area contributed by atoms with Crippen LogP contribution in [0.4, 0.5) is 0 Å². The Morgan fingerprint density at radius 2 is 1.90 bits per heavy atom. The Kier molecular flexibility index (Phi) is 5.99. The molecule has 0 unspecified atom stereocenters. The van der Waals surface area contributed by atoms with E-state index in [0.29, 0.717) is 12.1 Å². The zero-order valence-corrected chi connectivity index (χ0v) is 17.6. The van der Waals surface area contributed by atoms with Gasteiger partial charge in [0.25, 0.3) is 0 Å². The van der Waals surface area contributed by atoms with Crippen molar-refractivity contribution >= 4 is 21.1 Å². The van der Waals surface area contributed by atoms with E-state index in [9.17, 15) is 8.42 Å². The van der Waals surface area contributed by atoms with Crippen molar-refractivity contribution in [2.75, 3.05) is 26.2 Å². The number of aromatic amines is 1. The summed E-state index contributed by atoms with van der Waals surface area (Å²) in [5.41, 5.74) is 2.44. The first kappa shape index (κ1) is 20.1. The number of imidazole rings is 1. The Balaban J connectivity index is 1.38. The molecule has 1 aromatic heterocycles. The predicted molar refractivity (Wildman–Crippen MR) is 116 cm³/mol. The molecule has 0 atom stereocenters. The van der Waals surface area contributed by atoms with Gasteiger partial charge in [-0.05, 0) is 63.0 Å². The maximum absolute atomic E-state index is 12.7. The number of rotatable bonds is 7. The van der Waals surface area contributed by atoms with E-state index in [0.717, 1.165) is 48.9 Å². The number of H-pyrrole nitrogens is 1. The van der Waals surface area contributed by atoms with Gasteiger partial charge in [-0.25, -0.2) is 18.1 Å². The number of benzene rings is 2. The van der Waals surface area contributed by atoms with Crippen molar-refractivity contribution in [1.82, 2.24) is 19.6 Å². The van der Waals surface area contributed by atoms with Crippen LogP contribution in [0.2, 0.25) is 0 Å². The number of sulfonamides is 1. The molecular weight excluding hydrogens is 384 g/mol. The highest BCUT2D eigenvalue weighted by Crippen LogP contribution is 2.22. The van der Waals surface area contributed by atoms with Gasteiger partial charge >= 0.3 is 0 Å². The van der Waals surface area contributed by atoms with Crippen LogP contribution in [0.5, 0.6) is 0 Å². The molecule has 2 heterocycles. The summed E-state index contributed by atoms with van der Waals surface area (Å²) >= 11 is 0. The van der Waals surface area contributed by atoms with Crippen LogP contribution in [-0.4, -0.2) is 49.5 Å². The van der Waals surface area contributed by atoms with Crippen LogP contribution in [0.25, 0.3) is 22.4 Å². The third kappa shape index (κ3) is 4.86. The first-order valence-corrected chi connectivity index (χ1v) is 11.8. The second kappa shape index (κ2) is 8.65. The Hall–Kier alpha value is -2.22. The number of hydrogen-bond acceptors (Lipinski definition) is 4. The van der Waals surface area contributed by atoms with E-state index in [1.54, 1.807) is 18.2 Å². The highest BCUT2D eigenvalue weighted by molar-refractivity contribution is 7.89. The molecule has 154 valence electrons. The van der Waals surface area contributed by atoms with Crippen molar-refractivity contribution in [3.8, 4) is 11.4 Å². The lowest BCUT2D eigenvalue weighted by atomic mass is 9.99. The molecule has 3 aromatic rings. The lowest BCUT2D eigenvalue weighted by Crippen LogP contribution is -2.35. The van der Waals surface area contributed by atoms with Crippen LogP contribution in [0.15, 0.2) is 53.4 Å². The predicted octanol–water partition coefficient (Wildman–Crippen LogP) is 3.63. The highest BCUT2D eigenvalue weighted by Gasteiger charge is 2.17. The summed E-state index contributed by atoms with van der Waals surface area (Å²) in [4.78, 5) is 10.5. The normalized spacial score (nSPS) is 16.4. The number of hydrogen-bond donors (Lipinski definition) is 2. The third-order valence-electron chi connectivity index (χ3n) is 5.63. The van der Waals surface area contributed by atoms with E-state index in [1.807, 2.05) is 30.3 Å². The molecule has 1 saturated heterocycles. The summed E-state index contributed by atoms with van der Waals surface area (Å²) < 4.78 is 28.1. The van der Waals surface area contributed by atoms with Crippen molar-refractivity contribution in [3.05, 3.63) is 48.5 Å². The first-order valence-electron chi connectivity index (χ1n) is 10.3. The molecule has 29 heavy (non-hydrogen) atoms. The van der Waals surface area contributed by atoms with E-state index in [1.165, 1.54) is 12.8 Å². The first-order chi connectivity index (χ1) is 14.0. The van der Waals surface area contributed by atoms with E-state index >= 15 is 0 Å². The number of aromatic nitrogens is 2. The molecule has 1 aliphatic rings. The second-order valence-electron chi connectivity index (χ2n) is 7.91. The van der Waals surface area contributed by atoms with Crippen molar-refractivity contribution in [1.29, 1.82) is 0 Å². The molecule has 0 radical (unpaired) electrons. The van der Waals surface area contributed by atoms with E-state index < -0.39 is 10.0 Å². The summed E-state index contributed by atoms with van der Waals surface area (Å²) in [6.45, 7) is 5.92. The Morgan fingerprint density at radius 3 is 2.66 bits per heavy atom. The quantitative estimate of drug-likeness (QED) is 0.581. The van der Waals surface area contributed by atoms with Gasteiger partial charge in [0.1, 0.15) is 5.82 Å². The molecule has 6 nitrogen and oxygen atoms in total. The zero-order chi connectivity index (χ0) is 20.3. The van der Waals surface area contributed by atoms with Crippen LogP contribution in [0, 0.1) is 5.92 Å². The molecule has 0 bridgehead atoms. The SMILES string of the molecule is CC1CCN(CCCNS(=O)(=O)c2ccc3nc(-c4ccccc4)[nH]c3c2)CC1. The van der Waals surface area contributed by atoms with Gasteiger partial charge in [0.2, 0.25) is 10.0 Å². The molecular formula is C22H28N4O2S. The number of nitrogens with one attached hydrogen (secondary N) is 2. The third-order valence-corrected chi connectivity index (χ3v) is 7.09. The van der Waals surface area contributed by atoms with Crippen LogP contribution < -0.4 is 4.72 Å². The van der Waals surface area contributed by atoms with Gasteiger partial charge in [-0.2, -0.15) is 0 Å². The summed E-state index contributed by atoms with van der Waals surface area (Å²) in [5, 5.41) is 0. The van der Waals surface area contributed by atoms with Gasteiger partial charge in [-0.15, -0.1) is 0 Å². The lowest BCUT2D eigenvalue weighted by Gasteiger charge is -2.30. The molecule has 0 saturated carbocycles. The highest BCUT2D eigenvalue weighted by atomic mass is 32.2. The minimum Gasteiger partial charge on any atom is -0.338 e. The maximum Gasteiger partial charge on any atom is 0.240 e. The second-order valence-corrected chi connectivity index (χ2v) is 9.67. The number of likely N-dealkylation sites (tertiary alicyclic amines) is 1. The van der Waals surface area contributed by atoms with Gasteiger partial charge in [0.15, 0.2) is 0 Å². The standard InChI is InChI=1S/C22H28N4O2S/c1-17-10-14-26(15-11-17)13-5-12-23-29(27,28)19-8-9-20-21(16-19)25-22(24-20)18-6-3-2-4-7-18/h2-4,6-9,16-17,23H,5,10-15H2,1H3,(H,24,25).